The van der Waals surface area contributed by atoms with E-state index in [9.17, 15) is 0 Å². The number of hydrogen-bond donors (Lipinski definition) is 1. The van der Waals surface area contributed by atoms with E-state index in [2.05, 4.69) is 59.2 Å². The Kier molecular flexibility index (Phi) is 4.11. The molecule has 2 N–H and O–H groups in total. The summed E-state index contributed by atoms with van der Waals surface area (Å²) in [5, 5.41) is 0. The SMILES string of the molecule is Cc1ccc(N)c(CN2CCN(c3ccccc3)CC2)c1. The molecule has 21 heavy (non-hydrogen) atoms. The fourth-order valence-corrected chi connectivity index (χ4v) is 2.92. The molecule has 3 heteroatoms. The zero-order valence-electron chi connectivity index (χ0n) is 12.6. The maximum absolute atomic E-state index is 6.09. The first-order valence-corrected chi connectivity index (χ1v) is 7.60. The molecule has 0 aromatic heterocycles. The van der Waals surface area contributed by atoms with E-state index in [0.717, 1.165) is 38.4 Å². The minimum absolute atomic E-state index is 0.908. The van der Waals surface area contributed by atoms with E-state index in [1.165, 1.54) is 16.8 Å². The summed E-state index contributed by atoms with van der Waals surface area (Å²) in [5.41, 5.74) is 10.9. The van der Waals surface area contributed by atoms with Crippen molar-refractivity contribution >= 4 is 11.4 Å². The van der Waals surface area contributed by atoms with Gasteiger partial charge in [-0.3, -0.25) is 4.90 Å². The molecule has 2 aromatic rings. The molecule has 0 aliphatic carbocycles. The van der Waals surface area contributed by atoms with Gasteiger partial charge < -0.3 is 10.6 Å². The van der Waals surface area contributed by atoms with Gasteiger partial charge in [-0.25, -0.2) is 0 Å². The minimum atomic E-state index is 0.908. The molecule has 1 heterocycles. The molecule has 2 aromatic carbocycles. The monoisotopic (exact) mass is 281 g/mol. The number of benzene rings is 2. The number of hydrogen-bond acceptors (Lipinski definition) is 3. The number of aryl methyl sites for hydroxylation is 1. The number of piperazine rings is 1. The van der Waals surface area contributed by atoms with Gasteiger partial charge in [0, 0.05) is 44.1 Å². The third kappa shape index (κ3) is 3.37. The van der Waals surface area contributed by atoms with Crippen LogP contribution < -0.4 is 10.6 Å². The summed E-state index contributed by atoms with van der Waals surface area (Å²) in [7, 11) is 0. The van der Waals surface area contributed by atoms with E-state index in [1.54, 1.807) is 0 Å². The lowest BCUT2D eigenvalue weighted by molar-refractivity contribution is 0.250. The van der Waals surface area contributed by atoms with Crippen molar-refractivity contribution in [3.63, 3.8) is 0 Å². The first-order chi connectivity index (χ1) is 10.2. The normalized spacial score (nSPS) is 16.1. The van der Waals surface area contributed by atoms with Crippen molar-refractivity contribution in [3.8, 4) is 0 Å². The summed E-state index contributed by atoms with van der Waals surface area (Å²) in [6, 6.07) is 17.0. The predicted octanol–water partition coefficient (Wildman–Crippen LogP) is 2.90. The molecule has 1 fully saturated rings. The van der Waals surface area contributed by atoms with Crippen molar-refractivity contribution in [2.75, 3.05) is 36.8 Å². The number of nitrogens with zero attached hydrogens (tertiary/aromatic N) is 2. The zero-order chi connectivity index (χ0) is 14.7. The largest absolute Gasteiger partial charge is 0.398 e. The lowest BCUT2D eigenvalue weighted by Crippen LogP contribution is -2.46. The first kappa shape index (κ1) is 14.0. The molecule has 0 atom stereocenters. The molecular weight excluding hydrogens is 258 g/mol. The second-order valence-electron chi connectivity index (χ2n) is 5.80. The Morgan fingerprint density at radius 3 is 2.38 bits per heavy atom. The van der Waals surface area contributed by atoms with Crippen LogP contribution in [0.25, 0.3) is 0 Å². The van der Waals surface area contributed by atoms with Crippen LogP contribution in [0.1, 0.15) is 11.1 Å². The van der Waals surface area contributed by atoms with Crippen molar-refractivity contribution in [2.45, 2.75) is 13.5 Å². The van der Waals surface area contributed by atoms with Gasteiger partial charge in [-0.2, -0.15) is 0 Å². The second-order valence-corrected chi connectivity index (χ2v) is 5.80. The standard InChI is InChI=1S/C18H23N3/c1-15-7-8-18(19)16(13-15)14-20-9-11-21(12-10-20)17-5-3-2-4-6-17/h2-8,13H,9-12,14,19H2,1H3. The fourth-order valence-electron chi connectivity index (χ4n) is 2.92. The molecule has 1 aliphatic rings. The highest BCUT2D eigenvalue weighted by atomic mass is 15.3. The van der Waals surface area contributed by atoms with Gasteiger partial charge in [0.05, 0.1) is 0 Å². The Balaban J connectivity index is 1.60. The Bertz CT molecular complexity index is 587. The van der Waals surface area contributed by atoms with Crippen LogP contribution in [0.4, 0.5) is 11.4 Å². The summed E-state index contributed by atoms with van der Waals surface area (Å²) in [4.78, 5) is 4.95. The average Bonchev–Trinajstić information content (AvgIpc) is 2.53. The van der Waals surface area contributed by atoms with Gasteiger partial charge in [-0.15, -0.1) is 0 Å². The number of para-hydroxylation sites is 1. The highest BCUT2D eigenvalue weighted by Gasteiger charge is 2.17. The van der Waals surface area contributed by atoms with Gasteiger partial charge in [-0.1, -0.05) is 35.9 Å². The van der Waals surface area contributed by atoms with Crippen LogP contribution in [0.3, 0.4) is 0 Å². The molecule has 3 nitrogen and oxygen atoms in total. The topological polar surface area (TPSA) is 32.5 Å². The van der Waals surface area contributed by atoms with Gasteiger partial charge in [-0.05, 0) is 30.7 Å². The Labute approximate surface area is 127 Å². The Morgan fingerprint density at radius 1 is 0.952 bits per heavy atom. The second kappa shape index (κ2) is 6.19. The minimum Gasteiger partial charge on any atom is -0.398 e. The number of rotatable bonds is 3. The summed E-state index contributed by atoms with van der Waals surface area (Å²) >= 11 is 0. The quantitative estimate of drug-likeness (QED) is 0.878. The van der Waals surface area contributed by atoms with Crippen LogP contribution >= 0.6 is 0 Å². The summed E-state index contributed by atoms with van der Waals surface area (Å²) in [6.45, 7) is 7.41. The van der Waals surface area contributed by atoms with Crippen molar-refractivity contribution < 1.29 is 0 Å². The third-order valence-electron chi connectivity index (χ3n) is 4.19. The van der Waals surface area contributed by atoms with Crippen molar-refractivity contribution in [3.05, 3.63) is 59.7 Å². The molecule has 0 unspecified atom stereocenters. The van der Waals surface area contributed by atoms with E-state index in [0.29, 0.717) is 0 Å². The fraction of sp³-hybridized carbons (Fsp3) is 0.333. The van der Waals surface area contributed by atoms with Crippen LogP contribution in [-0.2, 0) is 6.54 Å². The summed E-state index contributed by atoms with van der Waals surface area (Å²) < 4.78 is 0. The first-order valence-electron chi connectivity index (χ1n) is 7.60. The summed E-state index contributed by atoms with van der Waals surface area (Å²) in [5.74, 6) is 0. The lowest BCUT2D eigenvalue weighted by Gasteiger charge is -2.36. The van der Waals surface area contributed by atoms with Gasteiger partial charge in [0.25, 0.3) is 0 Å². The highest BCUT2D eigenvalue weighted by molar-refractivity contribution is 5.49. The van der Waals surface area contributed by atoms with E-state index in [4.69, 9.17) is 5.73 Å². The van der Waals surface area contributed by atoms with Crippen LogP contribution in [0.15, 0.2) is 48.5 Å². The van der Waals surface area contributed by atoms with E-state index in [-0.39, 0.29) is 0 Å². The average molecular weight is 281 g/mol. The maximum Gasteiger partial charge on any atom is 0.0367 e. The van der Waals surface area contributed by atoms with Crippen molar-refractivity contribution in [2.24, 2.45) is 0 Å². The Morgan fingerprint density at radius 2 is 1.67 bits per heavy atom. The van der Waals surface area contributed by atoms with E-state index >= 15 is 0 Å². The molecular formula is C18H23N3. The van der Waals surface area contributed by atoms with Crippen molar-refractivity contribution in [1.29, 1.82) is 0 Å². The molecule has 3 rings (SSSR count). The molecule has 0 radical (unpaired) electrons. The van der Waals surface area contributed by atoms with Crippen LogP contribution in [0.2, 0.25) is 0 Å². The van der Waals surface area contributed by atoms with E-state index < -0.39 is 0 Å². The van der Waals surface area contributed by atoms with Crippen LogP contribution in [0, 0.1) is 6.92 Å². The number of nitrogen functional groups attached to an aromatic ring is 1. The van der Waals surface area contributed by atoms with Crippen LogP contribution in [0.5, 0.6) is 0 Å². The molecule has 0 spiro atoms. The molecule has 0 amide bonds. The third-order valence-corrected chi connectivity index (χ3v) is 4.19. The zero-order valence-corrected chi connectivity index (χ0v) is 12.6. The Hall–Kier alpha value is -2.00. The van der Waals surface area contributed by atoms with Gasteiger partial charge in [0.1, 0.15) is 0 Å². The number of anilines is 2. The smallest absolute Gasteiger partial charge is 0.0367 e. The van der Waals surface area contributed by atoms with Crippen molar-refractivity contribution in [1.82, 2.24) is 4.90 Å². The van der Waals surface area contributed by atoms with Gasteiger partial charge in [0.2, 0.25) is 0 Å². The molecule has 1 saturated heterocycles. The summed E-state index contributed by atoms with van der Waals surface area (Å²) in [6.07, 6.45) is 0. The lowest BCUT2D eigenvalue weighted by atomic mass is 10.1. The van der Waals surface area contributed by atoms with Gasteiger partial charge >= 0.3 is 0 Å². The molecule has 110 valence electrons. The number of nitrogens with two attached hydrogens (primary N) is 1. The molecule has 1 aliphatic heterocycles. The van der Waals surface area contributed by atoms with Crippen LogP contribution in [-0.4, -0.2) is 31.1 Å². The molecule has 0 saturated carbocycles. The predicted molar refractivity (Wildman–Crippen MR) is 89.5 cm³/mol. The van der Waals surface area contributed by atoms with Gasteiger partial charge in [0.15, 0.2) is 0 Å². The van der Waals surface area contributed by atoms with E-state index in [1.807, 2.05) is 6.07 Å². The maximum atomic E-state index is 6.09. The highest BCUT2D eigenvalue weighted by Crippen LogP contribution is 2.19. The molecule has 0 bridgehead atoms.